The van der Waals surface area contributed by atoms with E-state index in [0.29, 0.717) is 18.0 Å². The first-order chi connectivity index (χ1) is 15.5. The minimum absolute atomic E-state index is 0.0781. The van der Waals surface area contributed by atoms with Gasteiger partial charge in [0.25, 0.3) is 5.91 Å². The summed E-state index contributed by atoms with van der Waals surface area (Å²) in [6.07, 6.45) is 2.18. The summed E-state index contributed by atoms with van der Waals surface area (Å²) in [5.41, 5.74) is 1.89. The predicted octanol–water partition coefficient (Wildman–Crippen LogP) is 3.94. The first-order valence-electron chi connectivity index (χ1n) is 11.3. The second kappa shape index (κ2) is 11.4. The lowest BCUT2D eigenvalue weighted by atomic mass is 10.2. The van der Waals surface area contributed by atoms with Gasteiger partial charge in [0, 0.05) is 43.5 Å². The molecule has 0 radical (unpaired) electrons. The fourth-order valence-electron chi connectivity index (χ4n) is 3.65. The van der Waals surface area contributed by atoms with Gasteiger partial charge in [-0.05, 0) is 63.1 Å². The van der Waals surface area contributed by atoms with Crippen LogP contribution in [0.25, 0.3) is 0 Å². The molecule has 2 aromatic rings. The van der Waals surface area contributed by atoms with Gasteiger partial charge in [-0.2, -0.15) is 0 Å². The third-order valence-corrected chi connectivity index (χ3v) is 5.59. The van der Waals surface area contributed by atoms with Crippen LogP contribution in [0.15, 0.2) is 48.5 Å². The lowest BCUT2D eigenvalue weighted by Crippen LogP contribution is -2.38. The summed E-state index contributed by atoms with van der Waals surface area (Å²) in [5, 5.41) is 2.93. The average Bonchev–Trinajstić information content (AvgIpc) is 3.65. The third kappa shape index (κ3) is 6.39. The van der Waals surface area contributed by atoms with Crippen LogP contribution in [0.5, 0.6) is 11.5 Å². The quantitative estimate of drug-likeness (QED) is 0.542. The molecule has 32 heavy (non-hydrogen) atoms. The minimum atomic E-state index is -0.116. The Morgan fingerprint density at radius 2 is 1.66 bits per heavy atom. The van der Waals surface area contributed by atoms with E-state index in [2.05, 4.69) is 24.1 Å². The Kier molecular flexibility index (Phi) is 8.36. The molecule has 1 N–H and O–H groups in total. The van der Waals surface area contributed by atoms with E-state index >= 15 is 0 Å². The zero-order chi connectivity index (χ0) is 22.9. The summed E-state index contributed by atoms with van der Waals surface area (Å²) in [7, 11) is 1.57. The highest BCUT2D eigenvalue weighted by Gasteiger charge is 2.32. The van der Waals surface area contributed by atoms with Crippen LogP contribution < -0.4 is 19.7 Å². The molecule has 7 heteroatoms. The molecule has 1 saturated carbocycles. The second-order valence-electron chi connectivity index (χ2n) is 7.78. The summed E-state index contributed by atoms with van der Waals surface area (Å²) >= 11 is 0. The zero-order valence-electron chi connectivity index (χ0n) is 19.2. The van der Waals surface area contributed by atoms with Crippen LogP contribution in [-0.4, -0.2) is 56.1 Å². The average molecular weight is 440 g/mol. The number of methoxy groups -OCH3 is 1. The summed E-state index contributed by atoms with van der Waals surface area (Å²) < 4.78 is 10.9. The largest absolute Gasteiger partial charge is 0.493 e. The Hall–Kier alpha value is -3.22. The third-order valence-electron chi connectivity index (χ3n) is 5.59. The molecule has 0 spiro atoms. The number of nitrogens with one attached hydrogen (secondary N) is 1. The normalized spacial score (nSPS) is 12.7. The molecule has 0 aromatic heterocycles. The SMILES string of the molecule is CCN(CC)c1ccc(NC(=O)CCN(C(=O)COc2ccccc2OC)C2CC2)cc1. The number of hydrogen-bond donors (Lipinski definition) is 1. The summed E-state index contributed by atoms with van der Waals surface area (Å²) in [6, 6.07) is 15.3. The second-order valence-corrected chi connectivity index (χ2v) is 7.78. The molecule has 0 heterocycles. The standard InChI is InChI=1S/C25H33N3O4/c1-4-27(5-2)20-12-10-19(11-13-20)26-24(29)16-17-28(21-14-15-21)25(30)18-32-23-9-7-6-8-22(23)31-3/h6-13,21H,4-5,14-18H2,1-3H3,(H,26,29). The van der Waals surface area contributed by atoms with E-state index in [9.17, 15) is 9.59 Å². The highest BCUT2D eigenvalue weighted by atomic mass is 16.5. The van der Waals surface area contributed by atoms with Crippen molar-refractivity contribution in [2.24, 2.45) is 0 Å². The van der Waals surface area contributed by atoms with Gasteiger partial charge in [0.2, 0.25) is 5.91 Å². The van der Waals surface area contributed by atoms with E-state index in [1.54, 1.807) is 24.1 Å². The topological polar surface area (TPSA) is 71.1 Å². The number of benzene rings is 2. The number of carbonyl (C=O) groups is 2. The van der Waals surface area contributed by atoms with Crippen LogP contribution in [0, 0.1) is 0 Å². The monoisotopic (exact) mass is 439 g/mol. The molecule has 0 saturated heterocycles. The Labute approximate surface area is 190 Å². The fraction of sp³-hybridized carbons (Fsp3) is 0.440. The van der Waals surface area contributed by atoms with E-state index in [1.165, 1.54) is 0 Å². The van der Waals surface area contributed by atoms with Gasteiger partial charge in [-0.15, -0.1) is 0 Å². The first kappa shape index (κ1) is 23.4. The van der Waals surface area contributed by atoms with Gasteiger partial charge in [-0.25, -0.2) is 0 Å². The number of carbonyl (C=O) groups excluding carboxylic acids is 2. The lowest BCUT2D eigenvalue weighted by Gasteiger charge is -2.23. The zero-order valence-corrected chi connectivity index (χ0v) is 19.2. The number of hydrogen-bond acceptors (Lipinski definition) is 5. The smallest absolute Gasteiger partial charge is 0.260 e. The van der Waals surface area contributed by atoms with E-state index in [1.807, 2.05) is 36.4 Å². The molecule has 0 aliphatic heterocycles. The molecule has 1 aliphatic carbocycles. The number of ether oxygens (including phenoxy) is 2. The van der Waals surface area contributed by atoms with Crippen molar-refractivity contribution < 1.29 is 19.1 Å². The lowest BCUT2D eigenvalue weighted by molar-refractivity contribution is -0.134. The van der Waals surface area contributed by atoms with Crippen LogP contribution >= 0.6 is 0 Å². The molecule has 0 atom stereocenters. The Bertz CT molecular complexity index is 892. The molecule has 172 valence electrons. The molecular weight excluding hydrogens is 406 g/mol. The Morgan fingerprint density at radius 3 is 2.25 bits per heavy atom. The van der Waals surface area contributed by atoms with E-state index < -0.39 is 0 Å². The van der Waals surface area contributed by atoms with Crippen molar-refractivity contribution in [1.29, 1.82) is 0 Å². The molecule has 2 aromatic carbocycles. The number of para-hydroxylation sites is 2. The molecular formula is C25H33N3O4. The molecule has 7 nitrogen and oxygen atoms in total. The molecule has 3 rings (SSSR count). The molecule has 0 unspecified atom stereocenters. The van der Waals surface area contributed by atoms with Crippen LogP contribution in [0.1, 0.15) is 33.1 Å². The van der Waals surface area contributed by atoms with Crippen LogP contribution in [-0.2, 0) is 9.59 Å². The summed E-state index contributed by atoms with van der Waals surface area (Å²) in [4.78, 5) is 29.2. The minimum Gasteiger partial charge on any atom is -0.493 e. The van der Waals surface area contributed by atoms with Gasteiger partial charge in [-0.3, -0.25) is 9.59 Å². The molecule has 1 fully saturated rings. The maximum Gasteiger partial charge on any atom is 0.260 e. The van der Waals surface area contributed by atoms with Crippen molar-refractivity contribution in [3.63, 3.8) is 0 Å². The first-order valence-corrected chi connectivity index (χ1v) is 11.3. The predicted molar refractivity (Wildman–Crippen MR) is 126 cm³/mol. The van der Waals surface area contributed by atoms with Crippen LogP contribution in [0.4, 0.5) is 11.4 Å². The van der Waals surface area contributed by atoms with Gasteiger partial charge in [-0.1, -0.05) is 12.1 Å². The van der Waals surface area contributed by atoms with Gasteiger partial charge in [0.1, 0.15) is 0 Å². The van der Waals surface area contributed by atoms with Crippen molar-refractivity contribution in [3.8, 4) is 11.5 Å². The van der Waals surface area contributed by atoms with E-state index in [-0.39, 0.29) is 30.9 Å². The van der Waals surface area contributed by atoms with Crippen molar-refractivity contribution in [2.75, 3.05) is 43.6 Å². The number of nitrogens with zero attached hydrogens (tertiary/aromatic N) is 2. The Balaban J connectivity index is 1.49. The van der Waals surface area contributed by atoms with Crippen molar-refractivity contribution >= 4 is 23.2 Å². The van der Waals surface area contributed by atoms with Crippen molar-refractivity contribution in [3.05, 3.63) is 48.5 Å². The highest BCUT2D eigenvalue weighted by Crippen LogP contribution is 2.29. The number of amides is 2. The van der Waals surface area contributed by atoms with Crippen LogP contribution in [0.3, 0.4) is 0 Å². The van der Waals surface area contributed by atoms with Gasteiger partial charge < -0.3 is 24.6 Å². The maximum absolute atomic E-state index is 12.8. The van der Waals surface area contributed by atoms with Gasteiger partial charge in [0.05, 0.1) is 7.11 Å². The molecule has 1 aliphatic rings. The van der Waals surface area contributed by atoms with Crippen LogP contribution in [0.2, 0.25) is 0 Å². The maximum atomic E-state index is 12.8. The van der Waals surface area contributed by atoms with Crippen molar-refractivity contribution in [1.82, 2.24) is 4.90 Å². The number of anilines is 2. The van der Waals surface area contributed by atoms with E-state index in [0.717, 1.165) is 37.3 Å². The number of rotatable bonds is 12. The molecule has 0 bridgehead atoms. The summed E-state index contributed by atoms with van der Waals surface area (Å²) in [6.45, 7) is 6.41. The van der Waals surface area contributed by atoms with E-state index in [4.69, 9.17) is 9.47 Å². The highest BCUT2D eigenvalue weighted by molar-refractivity contribution is 5.91. The van der Waals surface area contributed by atoms with Crippen molar-refractivity contribution in [2.45, 2.75) is 39.2 Å². The van der Waals surface area contributed by atoms with Gasteiger partial charge >= 0.3 is 0 Å². The fourth-order valence-corrected chi connectivity index (χ4v) is 3.65. The van der Waals surface area contributed by atoms with Gasteiger partial charge in [0.15, 0.2) is 18.1 Å². The Morgan fingerprint density at radius 1 is 1.00 bits per heavy atom. The molecule has 2 amide bonds. The summed E-state index contributed by atoms with van der Waals surface area (Å²) in [5.74, 6) is 0.897.